The van der Waals surface area contributed by atoms with Crippen molar-refractivity contribution in [1.82, 2.24) is 15.5 Å². The van der Waals surface area contributed by atoms with Crippen molar-refractivity contribution in [1.29, 1.82) is 0 Å². The highest BCUT2D eigenvalue weighted by molar-refractivity contribution is 5.88. The van der Waals surface area contributed by atoms with Gasteiger partial charge in [-0.15, -0.1) is 0 Å². The molecule has 0 aromatic heterocycles. The molecule has 2 N–H and O–H groups in total. The number of carbonyl (C=O) groups is 1. The molecule has 1 saturated heterocycles. The second kappa shape index (κ2) is 3.86. The van der Waals surface area contributed by atoms with Gasteiger partial charge in [0.25, 0.3) is 0 Å². The molecule has 2 heterocycles. The summed E-state index contributed by atoms with van der Waals surface area (Å²) in [6.07, 6.45) is 1.08. The van der Waals surface area contributed by atoms with Crippen LogP contribution in [0.1, 0.15) is 13.3 Å². The molecule has 5 heteroatoms. The van der Waals surface area contributed by atoms with Gasteiger partial charge in [-0.3, -0.25) is 9.79 Å². The Labute approximate surface area is 83.6 Å². The molecule has 0 saturated carbocycles. The van der Waals surface area contributed by atoms with Crippen LogP contribution in [-0.4, -0.2) is 49.0 Å². The zero-order chi connectivity index (χ0) is 9.97. The van der Waals surface area contributed by atoms with Crippen molar-refractivity contribution in [3.05, 3.63) is 0 Å². The third-order valence-electron chi connectivity index (χ3n) is 2.42. The summed E-state index contributed by atoms with van der Waals surface area (Å²) in [7, 11) is 0. The molecule has 2 aliphatic rings. The maximum absolute atomic E-state index is 11.3. The fraction of sp³-hybridized carbons (Fsp3) is 0.778. The maximum atomic E-state index is 11.3. The number of piperazine rings is 1. The Morgan fingerprint density at radius 3 is 3.07 bits per heavy atom. The lowest BCUT2D eigenvalue weighted by Gasteiger charge is -2.34. The molecule has 0 aromatic rings. The van der Waals surface area contributed by atoms with Crippen LogP contribution in [0.15, 0.2) is 4.99 Å². The van der Waals surface area contributed by atoms with Crippen molar-refractivity contribution >= 4 is 11.9 Å². The number of hydrogen-bond acceptors (Lipinski definition) is 4. The summed E-state index contributed by atoms with van der Waals surface area (Å²) in [5, 5.41) is 6.11. The monoisotopic (exact) mass is 196 g/mol. The Hall–Kier alpha value is -1.26. The van der Waals surface area contributed by atoms with Crippen LogP contribution in [0.5, 0.6) is 0 Å². The van der Waals surface area contributed by atoms with E-state index < -0.39 is 0 Å². The SMILES string of the molecule is CC1CN(C2=NCCCN2)CC(=O)N1. The molecule has 1 unspecified atom stereocenters. The lowest BCUT2D eigenvalue weighted by molar-refractivity contribution is -0.124. The number of nitrogens with zero attached hydrogens (tertiary/aromatic N) is 2. The Balaban J connectivity index is 2.02. The van der Waals surface area contributed by atoms with Crippen molar-refractivity contribution in [2.24, 2.45) is 4.99 Å². The second-order valence-corrected chi connectivity index (χ2v) is 3.83. The largest absolute Gasteiger partial charge is 0.356 e. The van der Waals surface area contributed by atoms with E-state index in [9.17, 15) is 4.79 Å². The van der Waals surface area contributed by atoms with Crippen LogP contribution >= 0.6 is 0 Å². The molecule has 0 aromatic carbocycles. The van der Waals surface area contributed by atoms with E-state index in [1.54, 1.807) is 0 Å². The summed E-state index contributed by atoms with van der Waals surface area (Å²) in [5.41, 5.74) is 0. The molecule has 0 radical (unpaired) electrons. The van der Waals surface area contributed by atoms with E-state index in [0.717, 1.165) is 32.0 Å². The Bertz CT molecular complexity index is 264. The van der Waals surface area contributed by atoms with Gasteiger partial charge in [-0.1, -0.05) is 0 Å². The van der Waals surface area contributed by atoms with Crippen LogP contribution in [0, 0.1) is 0 Å². The third kappa shape index (κ3) is 1.97. The molecule has 1 atom stereocenters. The highest BCUT2D eigenvalue weighted by atomic mass is 16.2. The quantitative estimate of drug-likeness (QED) is 0.531. The molecule has 2 rings (SSSR count). The molecule has 78 valence electrons. The summed E-state index contributed by atoms with van der Waals surface area (Å²) < 4.78 is 0. The summed E-state index contributed by atoms with van der Waals surface area (Å²) in [6.45, 7) is 5.11. The molecule has 1 fully saturated rings. The van der Waals surface area contributed by atoms with E-state index in [2.05, 4.69) is 15.6 Å². The van der Waals surface area contributed by atoms with E-state index in [0.29, 0.717) is 6.54 Å². The lowest BCUT2D eigenvalue weighted by atomic mass is 10.2. The number of nitrogens with one attached hydrogen (secondary N) is 2. The summed E-state index contributed by atoms with van der Waals surface area (Å²) in [5.74, 6) is 0.969. The first kappa shape index (κ1) is 9.30. The summed E-state index contributed by atoms with van der Waals surface area (Å²) >= 11 is 0. The molecule has 14 heavy (non-hydrogen) atoms. The fourth-order valence-electron chi connectivity index (χ4n) is 1.83. The van der Waals surface area contributed by atoms with Crippen molar-refractivity contribution in [3.8, 4) is 0 Å². The average Bonchev–Trinajstić information content (AvgIpc) is 2.18. The minimum Gasteiger partial charge on any atom is -0.356 e. The standard InChI is InChI=1S/C9H16N4O/c1-7-5-13(6-8(14)12-7)9-10-3-2-4-11-9/h7H,2-6H2,1H3,(H,10,11)(H,12,14). The van der Waals surface area contributed by atoms with Crippen molar-refractivity contribution < 1.29 is 4.79 Å². The van der Waals surface area contributed by atoms with Gasteiger partial charge < -0.3 is 15.5 Å². The summed E-state index contributed by atoms with van der Waals surface area (Å²) in [4.78, 5) is 17.7. The Morgan fingerprint density at radius 1 is 1.57 bits per heavy atom. The van der Waals surface area contributed by atoms with Crippen molar-refractivity contribution in [2.45, 2.75) is 19.4 Å². The number of carbonyl (C=O) groups excluding carboxylic acids is 1. The van der Waals surface area contributed by atoms with Crippen molar-refractivity contribution in [3.63, 3.8) is 0 Å². The third-order valence-corrected chi connectivity index (χ3v) is 2.42. The smallest absolute Gasteiger partial charge is 0.239 e. The van der Waals surface area contributed by atoms with Gasteiger partial charge in [-0.05, 0) is 13.3 Å². The van der Waals surface area contributed by atoms with Gasteiger partial charge in [0, 0.05) is 25.7 Å². The van der Waals surface area contributed by atoms with E-state index in [4.69, 9.17) is 0 Å². The topological polar surface area (TPSA) is 56.7 Å². The van der Waals surface area contributed by atoms with Crippen molar-refractivity contribution in [2.75, 3.05) is 26.2 Å². The van der Waals surface area contributed by atoms with Gasteiger partial charge >= 0.3 is 0 Å². The molecule has 0 aliphatic carbocycles. The predicted octanol–water partition coefficient (Wildman–Crippen LogP) is -0.844. The first-order chi connectivity index (χ1) is 6.75. The second-order valence-electron chi connectivity index (χ2n) is 3.83. The van der Waals surface area contributed by atoms with Gasteiger partial charge in [0.15, 0.2) is 5.96 Å². The zero-order valence-electron chi connectivity index (χ0n) is 8.42. The normalized spacial score (nSPS) is 27.8. The Kier molecular flexibility index (Phi) is 2.56. The van der Waals surface area contributed by atoms with Gasteiger partial charge in [-0.25, -0.2) is 0 Å². The van der Waals surface area contributed by atoms with Crippen LogP contribution in [-0.2, 0) is 4.79 Å². The van der Waals surface area contributed by atoms with Crippen LogP contribution in [0.4, 0.5) is 0 Å². The number of hydrogen-bond donors (Lipinski definition) is 2. The first-order valence-corrected chi connectivity index (χ1v) is 5.08. The van der Waals surface area contributed by atoms with E-state index in [1.165, 1.54) is 0 Å². The molecule has 0 spiro atoms. The molecular formula is C9H16N4O. The predicted molar refractivity (Wildman–Crippen MR) is 54.1 cm³/mol. The molecule has 2 aliphatic heterocycles. The highest BCUT2D eigenvalue weighted by Gasteiger charge is 2.24. The lowest BCUT2D eigenvalue weighted by Crippen LogP contribution is -2.58. The maximum Gasteiger partial charge on any atom is 0.239 e. The number of rotatable bonds is 0. The van der Waals surface area contributed by atoms with Gasteiger partial charge in [-0.2, -0.15) is 0 Å². The molecule has 1 amide bonds. The van der Waals surface area contributed by atoms with E-state index >= 15 is 0 Å². The van der Waals surface area contributed by atoms with E-state index in [-0.39, 0.29) is 11.9 Å². The molecule has 5 nitrogen and oxygen atoms in total. The Morgan fingerprint density at radius 2 is 2.43 bits per heavy atom. The van der Waals surface area contributed by atoms with Crippen LogP contribution in [0.2, 0.25) is 0 Å². The van der Waals surface area contributed by atoms with Crippen LogP contribution in [0.25, 0.3) is 0 Å². The van der Waals surface area contributed by atoms with Gasteiger partial charge in [0.2, 0.25) is 5.91 Å². The van der Waals surface area contributed by atoms with Gasteiger partial charge in [0.05, 0.1) is 6.54 Å². The van der Waals surface area contributed by atoms with Gasteiger partial charge in [0.1, 0.15) is 0 Å². The molecular weight excluding hydrogens is 180 g/mol. The minimum absolute atomic E-state index is 0.0822. The van der Waals surface area contributed by atoms with Crippen LogP contribution < -0.4 is 10.6 Å². The average molecular weight is 196 g/mol. The van der Waals surface area contributed by atoms with Crippen LogP contribution in [0.3, 0.4) is 0 Å². The number of aliphatic imine (C=N–C) groups is 1. The van der Waals surface area contributed by atoms with E-state index in [1.807, 2.05) is 11.8 Å². The minimum atomic E-state index is 0.0822. The molecule has 0 bridgehead atoms. The number of amides is 1. The zero-order valence-corrected chi connectivity index (χ0v) is 8.42. The fourth-order valence-corrected chi connectivity index (χ4v) is 1.83. The highest BCUT2D eigenvalue weighted by Crippen LogP contribution is 2.02. The first-order valence-electron chi connectivity index (χ1n) is 5.08. The summed E-state index contributed by atoms with van der Waals surface area (Å²) in [6, 6.07) is 0.211. The number of guanidine groups is 1.